The summed E-state index contributed by atoms with van der Waals surface area (Å²) in [6, 6.07) is 8.07. The van der Waals surface area contributed by atoms with E-state index in [4.69, 9.17) is 15.2 Å². The van der Waals surface area contributed by atoms with Crippen molar-refractivity contribution in [3.05, 3.63) is 29.8 Å². The lowest BCUT2D eigenvalue weighted by Gasteiger charge is -2.58. The van der Waals surface area contributed by atoms with Gasteiger partial charge in [0.2, 0.25) is 5.91 Å². The highest BCUT2D eigenvalue weighted by atomic mass is 16.6. The summed E-state index contributed by atoms with van der Waals surface area (Å²) in [5.41, 5.74) is 6.74. The molecular weight excluding hydrogens is 470 g/mol. The summed E-state index contributed by atoms with van der Waals surface area (Å²) in [4.78, 5) is 42.2. The Kier molecular flexibility index (Phi) is 5.55. The topological polar surface area (TPSA) is 102 Å². The first-order valence-corrected chi connectivity index (χ1v) is 13.8. The van der Waals surface area contributed by atoms with Crippen molar-refractivity contribution in [2.45, 2.75) is 82.8 Å². The van der Waals surface area contributed by atoms with Crippen LogP contribution in [0, 0.1) is 23.2 Å². The third-order valence-electron chi connectivity index (χ3n) is 9.77. The van der Waals surface area contributed by atoms with E-state index in [-0.39, 0.29) is 46.9 Å². The Labute approximate surface area is 218 Å². The second-order valence-corrected chi connectivity index (χ2v) is 13.3. The Morgan fingerprint density at radius 3 is 2.24 bits per heavy atom. The number of nitrogens with zero attached hydrogens (tertiary/aromatic N) is 2. The number of likely N-dealkylation sites (tertiary alicyclic amines) is 1. The maximum Gasteiger partial charge on any atom is 0.414 e. The molecule has 7 rings (SSSR count). The normalized spacial score (nSPS) is 33.4. The van der Waals surface area contributed by atoms with Crippen LogP contribution in [0.3, 0.4) is 0 Å². The van der Waals surface area contributed by atoms with Gasteiger partial charge in [-0.05, 0) is 95.1 Å². The molecule has 0 aromatic heterocycles. The molecule has 1 aromatic carbocycles. The zero-order valence-corrected chi connectivity index (χ0v) is 22.2. The van der Waals surface area contributed by atoms with Gasteiger partial charge < -0.3 is 20.1 Å². The molecule has 3 amide bonds. The van der Waals surface area contributed by atoms with E-state index in [9.17, 15) is 14.4 Å². The third kappa shape index (κ3) is 4.07. The summed E-state index contributed by atoms with van der Waals surface area (Å²) in [5, 5.41) is 0. The third-order valence-corrected chi connectivity index (χ3v) is 9.77. The van der Waals surface area contributed by atoms with Gasteiger partial charge in [0.1, 0.15) is 11.7 Å². The number of rotatable bonds is 2. The number of piperidine rings is 1. The molecular formula is C29H39N3O5. The highest BCUT2D eigenvalue weighted by Gasteiger charge is 2.59. The van der Waals surface area contributed by atoms with Gasteiger partial charge in [-0.1, -0.05) is 18.2 Å². The van der Waals surface area contributed by atoms with Crippen LogP contribution in [-0.2, 0) is 19.7 Å². The van der Waals surface area contributed by atoms with Crippen LogP contribution >= 0.6 is 0 Å². The number of carbonyl (C=O) groups excluding carboxylic acids is 3. The molecule has 1 aromatic rings. The quantitative estimate of drug-likeness (QED) is 0.628. The molecule has 6 aliphatic rings. The number of carbonyl (C=O) groups is 3. The number of benzene rings is 1. The molecule has 200 valence electrons. The van der Waals surface area contributed by atoms with E-state index in [1.165, 1.54) is 0 Å². The molecule has 4 saturated carbocycles. The minimum absolute atomic E-state index is 0.109. The minimum atomic E-state index is -0.566. The van der Waals surface area contributed by atoms with E-state index in [2.05, 4.69) is 6.07 Å². The Hall–Kier alpha value is -2.77. The second kappa shape index (κ2) is 8.37. The molecule has 4 aliphatic carbocycles. The zero-order chi connectivity index (χ0) is 26.2. The van der Waals surface area contributed by atoms with Gasteiger partial charge in [0.05, 0.1) is 11.1 Å². The van der Waals surface area contributed by atoms with E-state index in [1.807, 2.05) is 43.9 Å². The fraction of sp³-hybridized carbons (Fsp3) is 0.690. The van der Waals surface area contributed by atoms with E-state index in [0.717, 1.165) is 56.2 Å². The van der Waals surface area contributed by atoms with Crippen molar-refractivity contribution in [2.75, 3.05) is 24.5 Å². The molecule has 2 heterocycles. The molecule has 5 fully saturated rings. The van der Waals surface area contributed by atoms with Gasteiger partial charge in [0.15, 0.2) is 0 Å². The number of anilines is 1. The Morgan fingerprint density at radius 1 is 0.973 bits per heavy atom. The molecule has 1 saturated heterocycles. The van der Waals surface area contributed by atoms with Crippen molar-refractivity contribution in [3.63, 3.8) is 0 Å². The van der Waals surface area contributed by atoms with E-state index in [1.54, 1.807) is 4.90 Å². The lowest BCUT2D eigenvalue weighted by Crippen LogP contribution is -2.59. The van der Waals surface area contributed by atoms with Crippen molar-refractivity contribution in [1.29, 1.82) is 0 Å². The van der Waals surface area contributed by atoms with Crippen molar-refractivity contribution in [1.82, 2.24) is 4.90 Å². The summed E-state index contributed by atoms with van der Waals surface area (Å²) >= 11 is 0. The maximum atomic E-state index is 13.3. The number of primary amides is 1. The van der Waals surface area contributed by atoms with Crippen LogP contribution in [0.1, 0.15) is 71.3 Å². The Balaban J connectivity index is 1.12. The Morgan fingerprint density at radius 2 is 1.62 bits per heavy atom. The van der Waals surface area contributed by atoms with Crippen molar-refractivity contribution in [2.24, 2.45) is 28.9 Å². The number of hydrogen-bond donors (Lipinski definition) is 1. The Bertz CT molecular complexity index is 1100. The number of para-hydroxylation sites is 1. The van der Waals surface area contributed by atoms with Gasteiger partial charge in [-0.3, -0.25) is 9.69 Å². The lowest BCUT2D eigenvalue weighted by atomic mass is 9.48. The first-order chi connectivity index (χ1) is 17.5. The molecule has 4 unspecified atom stereocenters. The van der Waals surface area contributed by atoms with E-state index >= 15 is 0 Å². The molecule has 37 heavy (non-hydrogen) atoms. The highest BCUT2D eigenvalue weighted by molar-refractivity contribution is 5.91. The summed E-state index contributed by atoms with van der Waals surface area (Å²) in [7, 11) is 0. The van der Waals surface area contributed by atoms with Crippen LogP contribution in [0.4, 0.5) is 15.3 Å². The fourth-order valence-corrected chi connectivity index (χ4v) is 8.32. The molecule has 2 N–H and O–H groups in total. The highest BCUT2D eigenvalue weighted by Crippen LogP contribution is 2.60. The average Bonchev–Trinajstić information content (AvgIpc) is 3.14. The van der Waals surface area contributed by atoms with Crippen LogP contribution in [-0.4, -0.2) is 54.3 Å². The first-order valence-electron chi connectivity index (χ1n) is 13.8. The minimum Gasteiger partial charge on any atom is -0.446 e. The zero-order valence-electron chi connectivity index (χ0n) is 22.2. The predicted molar refractivity (Wildman–Crippen MR) is 138 cm³/mol. The molecule has 4 bridgehead atoms. The second-order valence-electron chi connectivity index (χ2n) is 13.3. The number of nitrogens with two attached hydrogens (primary N) is 1. The van der Waals surface area contributed by atoms with Gasteiger partial charge in [0.25, 0.3) is 0 Å². The first kappa shape index (κ1) is 24.6. The molecule has 1 spiro atoms. The summed E-state index contributed by atoms with van der Waals surface area (Å²) < 4.78 is 11.9. The summed E-state index contributed by atoms with van der Waals surface area (Å²) in [6.45, 7) is 7.38. The summed E-state index contributed by atoms with van der Waals surface area (Å²) in [5.74, 6) is 0.839. The van der Waals surface area contributed by atoms with Gasteiger partial charge in [0, 0.05) is 25.0 Å². The van der Waals surface area contributed by atoms with E-state index in [0.29, 0.717) is 25.6 Å². The van der Waals surface area contributed by atoms with Crippen molar-refractivity contribution in [3.8, 4) is 0 Å². The number of amides is 3. The number of fused-ring (bicyclic) bond motifs is 2. The SMILES string of the molecule is CC(C)(C)OC(=O)N1CC2(CCN(C(=O)OC3C4CC5C[C@H]3CC(C(N)=O)(C5)C4)CC2)c2ccccc21. The molecule has 2 aliphatic heterocycles. The maximum absolute atomic E-state index is 13.3. The average molecular weight is 510 g/mol. The molecule has 8 nitrogen and oxygen atoms in total. The lowest BCUT2D eigenvalue weighted by molar-refractivity contribution is -0.162. The molecule has 5 atom stereocenters. The van der Waals surface area contributed by atoms with Gasteiger partial charge >= 0.3 is 12.2 Å². The van der Waals surface area contributed by atoms with Crippen molar-refractivity contribution < 1.29 is 23.9 Å². The van der Waals surface area contributed by atoms with Gasteiger partial charge in [-0.15, -0.1) is 0 Å². The van der Waals surface area contributed by atoms with Gasteiger partial charge in [-0.25, -0.2) is 9.59 Å². The van der Waals surface area contributed by atoms with E-state index < -0.39 is 5.60 Å². The van der Waals surface area contributed by atoms with Crippen LogP contribution in [0.15, 0.2) is 24.3 Å². The fourth-order valence-electron chi connectivity index (χ4n) is 8.32. The monoisotopic (exact) mass is 509 g/mol. The smallest absolute Gasteiger partial charge is 0.414 e. The van der Waals surface area contributed by atoms with Crippen LogP contribution < -0.4 is 10.6 Å². The standard InChI is InChI=1S/C29H39N3O5/c1-27(2,3)37-26(35)32-17-28(21-6-4-5-7-22(21)32)8-10-31(11-9-28)25(34)36-23-19-12-18-13-20(23)16-29(14-18,15-19)24(30)33/h4-7,18-20,23H,8-17H2,1-3H3,(H2,30,33)/t18?,19-,20?,23?,29?/m0/s1. The largest absolute Gasteiger partial charge is 0.446 e. The van der Waals surface area contributed by atoms with Crippen molar-refractivity contribution >= 4 is 23.8 Å². The summed E-state index contributed by atoms with van der Waals surface area (Å²) in [6.07, 6.45) is 5.35. The predicted octanol–water partition coefficient (Wildman–Crippen LogP) is 4.59. The number of ether oxygens (including phenoxy) is 2. The van der Waals surface area contributed by atoms with Crippen LogP contribution in [0.5, 0.6) is 0 Å². The van der Waals surface area contributed by atoms with Crippen LogP contribution in [0.25, 0.3) is 0 Å². The van der Waals surface area contributed by atoms with Gasteiger partial charge in [-0.2, -0.15) is 0 Å². The molecule has 0 radical (unpaired) electrons. The van der Waals surface area contributed by atoms with Crippen LogP contribution in [0.2, 0.25) is 0 Å². The molecule has 8 heteroatoms. The number of hydrogen-bond acceptors (Lipinski definition) is 5.